The highest BCUT2D eigenvalue weighted by molar-refractivity contribution is 7.52. The molecule has 1 aliphatic rings. The molecule has 4 rings (SSSR count). The van der Waals surface area contributed by atoms with E-state index in [1.807, 2.05) is 13.8 Å². The SMILES string of the molecule is CCC(CC)COC(=O)[C@H](C)NP(=O)(OC[C@H]1O[C@@](C#N)(c2ccc3c(N)ncnn23)[C@H](O)[C@@H]1C)Oc1ccccc1. The van der Waals surface area contributed by atoms with Gasteiger partial charge in [-0.15, -0.1) is 0 Å². The fraction of sp³-hybridized carbons (Fsp3) is 0.500. The lowest BCUT2D eigenvalue weighted by molar-refractivity contribution is -0.146. The Morgan fingerprint density at radius 3 is 2.67 bits per heavy atom. The van der Waals surface area contributed by atoms with Gasteiger partial charge in [0.2, 0.25) is 5.60 Å². The van der Waals surface area contributed by atoms with Crippen molar-refractivity contribution >= 4 is 25.1 Å². The summed E-state index contributed by atoms with van der Waals surface area (Å²) in [6.45, 7) is 7.14. The molecule has 2 aromatic heterocycles. The highest BCUT2D eigenvalue weighted by atomic mass is 31.2. The normalized spacial score (nSPS) is 24.3. The smallest absolute Gasteiger partial charge is 0.459 e. The number of nitriles is 1. The number of esters is 1. The lowest BCUT2D eigenvalue weighted by atomic mass is 9.88. The molecular formula is C28H37N6O7P. The molecule has 1 saturated heterocycles. The maximum Gasteiger partial charge on any atom is 0.459 e. The number of ether oxygens (including phenoxy) is 2. The van der Waals surface area contributed by atoms with E-state index in [9.17, 15) is 19.7 Å². The molecule has 1 fully saturated rings. The van der Waals surface area contributed by atoms with Crippen LogP contribution < -0.4 is 15.3 Å². The summed E-state index contributed by atoms with van der Waals surface area (Å²) in [5.41, 5.74) is 4.82. The number of aromatic nitrogens is 3. The number of aliphatic hydroxyl groups is 1. The zero-order valence-corrected chi connectivity index (χ0v) is 24.9. The number of nitrogens with one attached hydrogen (secondary N) is 1. The Balaban J connectivity index is 1.53. The fourth-order valence-corrected chi connectivity index (χ4v) is 6.29. The first-order valence-corrected chi connectivity index (χ1v) is 15.4. The molecule has 0 amide bonds. The van der Waals surface area contributed by atoms with Crippen LogP contribution in [0.2, 0.25) is 0 Å². The number of nitrogen functional groups attached to an aromatic ring is 1. The molecule has 0 spiro atoms. The minimum atomic E-state index is -4.20. The van der Waals surface area contributed by atoms with Crippen LogP contribution in [-0.2, 0) is 29.0 Å². The van der Waals surface area contributed by atoms with Gasteiger partial charge in [-0.1, -0.05) is 51.8 Å². The van der Waals surface area contributed by atoms with Gasteiger partial charge in [0, 0.05) is 5.92 Å². The van der Waals surface area contributed by atoms with Gasteiger partial charge in [0.05, 0.1) is 25.0 Å². The number of hydrogen-bond donors (Lipinski definition) is 3. The second-order valence-electron chi connectivity index (χ2n) is 10.3. The predicted molar refractivity (Wildman–Crippen MR) is 153 cm³/mol. The molecule has 0 radical (unpaired) electrons. The largest absolute Gasteiger partial charge is 0.464 e. The van der Waals surface area contributed by atoms with Crippen molar-refractivity contribution in [2.24, 2.45) is 11.8 Å². The molecule has 1 unspecified atom stereocenters. The number of carbonyl (C=O) groups excluding carboxylic acids is 1. The van der Waals surface area contributed by atoms with Gasteiger partial charge in [-0.3, -0.25) is 9.32 Å². The van der Waals surface area contributed by atoms with Crippen LogP contribution >= 0.6 is 7.75 Å². The van der Waals surface area contributed by atoms with E-state index in [0.717, 1.165) is 12.8 Å². The highest BCUT2D eigenvalue weighted by Gasteiger charge is 2.56. The molecule has 14 heteroatoms. The number of benzene rings is 1. The van der Waals surface area contributed by atoms with Gasteiger partial charge in [-0.25, -0.2) is 14.1 Å². The maximum atomic E-state index is 14.0. The predicted octanol–water partition coefficient (Wildman–Crippen LogP) is 3.59. The van der Waals surface area contributed by atoms with Crippen LogP contribution in [0.15, 0.2) is 48.8 Å². The first-order valence-electron chi connectivity index (χ1n) is 13.9. The Hall–Kier alpha value is -3.53. The quantitative estimate of drug-likeness (QED) is 0.192. The summed E-state index contributed by atoms with van der Waals surface area (Å²) in [6, 6.07) is 12.6. The van der Waals surface area contributed by atoms with Crippen LogP contribution in [0.4, 0.5) is 5.82 Å². The van der Waals surface area contributed by atoms with Crippen molar-refractivity contribution in [1.82, 2.24) is 19.7 Å². The van der Waals surface area contributed by atoms with E-state index in [-0.39, 0.29) is 36.4 Å². The van der Waals surface area contributed by atoms with Gasteiger partial charge < -0.3 is 24.8 Å². The number of nitrogens with two attached hydrogens (primary N) is 1. The van der Waals surface area contributed by atoms with Crippen molar-refractivity contribution in [3.8, 4) is 11.8 Å². The van der Waals surface area contributed by atoms with E-state index in [1.54, 1.807) is 49.4 Å². The van der Waals surface area contributed by atoms with Gasteiger partial charge in [0.1, 0.15) is 35.8 Å². The van der Waals surface area contributed by atoms with Crippen LogP contribution in [0.3, 0.4) is 0 Å². The third-order valence-electron chi connectivity index (χ3n) is 7.57. The maximum absolute atomic E-state index is 14.0. The first kappa shape index (κ1) is 31.4. The average molecular weight is 601 g/mol. The molecule has 0 saturated carbocycles. The zero-order valence-electron chi connectivity index (χ0n) is 24.0. The van der Waals surface area contributed by atoms with Crippen LogP contribution in [0, 0.1) is 23.2 Å². The van der Waals surface area contributed by atoms with Gasteiger partial charge in [0.15, 0.2) is 5.82 Å². The number of para-hydroxylation sites is 1. The minimum absolute atomic E-state index is 0.197. The Labute approximate surface area is 244 Å². The average Bonchev–Trinajstić information content (AvgIpc) is 3.53. The Kier molecular flexibility index (Phi) is 9.86. The van der Waals surface area contributed by atoms with Crippen LogP contribution in [0.1, 0.15) is 46.2 Å². The summed E-state index contributed by atoms with van der Waals surface area (Å²) in [4.78, 5) is 16.7. The van der Waals surface area contributed by atoms with E-state index < -0.39 is 43.5 Å². The lowest BCUT2D eigenvalue weighted by Crippen LogP contribution is -2.38. The summed E-state index contributed by atoms with van der Waals surface area (Å²) >= 11 is 0. The molecule has 6 atom stereocenters. The number of anilines is 1. The van der Waals surface area contributed by atoms with E-state index in [4.69, 9.17) is 24.3 Å². The Morgan fingerprint density at radius 1 is 1.29 bits per heavy atom. The number of hydrogen-bond acceptors (Lipinski definition) is 11. The number of nitrogens with zero attached hydrogens (tertiary/aromatic N) is 4. The molecular weight excluding hydrogens is 563 g/mol. The van der Waals surface area contributed by atoms with Crippen LogP contribution in [0.25, 0.3) is 5.52 Å². The molecule has 42 heavy (non-hydrogen) atoms. The van der Waals surface area contributed by atoms with Crippen molar-refractivity contribution < 1.29 is 33.0 Å². The molecule has 226 valence electrons. The molecule has 3 aromatic rings. The van der Waals surface area contributed by atoms with Crippen LogP contribution in [-0.4, -0.2) is 57.1 Å². The van der Waals surface area contributed by atoms with Gasteiger partial charge in [-0.2, -0.15) is 15.4 Å². The van der Waals surface area contributed by atoms with Crippen molar-refractivity contribution in [3.05, 3.63) is 54.5 Å². The number of carbonyl (C=O) groups is 1. The van der Waals surface area contributed by atoms with E-state index >= 15 is 0 Å². The topological polar surface area (TPSA) is 183 Å². The van der Waals surface area contributed by atoms with Gasteiger partial charge in [0.25, 0.3) is 0 Å². The summed E-state index contributed by atoms with van der Waals surface area (Å²) in [5.74, 6) is -0.578. The highest BCUT2D eigenvalue weighted by Crippen LogP contribution is 2.48. The lowest BCUT2D eigenvalue weighted by Gasteiger charge is -2.26. The Bertz CT molecular complexity index is 1460. The van der Waals surface area contributed by atoms with Crippen molar-refractivity contribution in [1.29, 1.82) is 5.26 Å². The monoisotopic (exact) mass is 600 g/mol. The summed E-state index contributed by atoms with van der Waals surface area (Å²) in [6.07, 6.45) is 0.767. The van der Waals surface area contributed by atoms with Crippen LogP contribution in [0.5, 0.6) is 5.75 Å². The zero-order chi connectivity index (χ0) is 30.5. The molecule has 0 aliphatic carbocycles. The van der Waals surface area contributed by atoms with Gasteiger partial charge in [-0.05, 0) is 37.1 Å². The number of rotatable bonds is 13. The summed E-state index contributed by atoms with van der Waals surface area (Å²) in [5, 5.41) is 28.3. The molecule has 3 heterocycles. The van der Waals surface area contributed by atoms with E-state index in [2.05, 4.69) is 21.2 Å². The summed E-state index contributed by atoms with van der Waals surface area (Å²) < 4.78 is 38.5. The molecule has 1 aliphatic heterocycles. The first-order chi connectivity index (χ1) is 20.1. The standard InChI is InChI=1S/C28H37N6O7P/c1-5-20(6-2)14-38-27(36)19(4)33-42(37,41-21-10-8-7-9-11-21)39-15-23-18(3)25(35)28(16-29,40-23)24-13-12-22-26(30)31-17-32-34(22)24/h7-13,17-20,23,25,35H,5-6,14-15H2,1-4H3,(H,33,37)(H2,30,31,32)/t18-,19+,23-,25-,28+,42?/m1/s1. The number of aliphatic hydroxyl groups excluding tert-OH is 1. The molecule has 4 N–H and O–H groups in total. The third-order valence-corrected chi connectivity index (χ3v) is 9.21. The van der Waals surface area contributed by atoms with E-state index in [0.29, 0.717) is 5.52 Å². The van der Waals surface area contributed by atoms with Crippen molar-refractivity contribution in [3.63, 3.8) is 0 Å². The summed E-state index contributed by atoms with van der Waals surface area (Å²) in [7, 11) is -4.20. The fourth-order valence-electron chi connectivity index (χ4n) is 4.79. The van der Waals surface area contributed by atoms with E-state index in [1.165, 1.54) is 17.8 Å². The Morgan fingerprint density at radius 2 is 2.00 bits per heavy atom. The number of fused-ring (bicyclic) bond motifs is 1. The van der Waals surface area contributed by atoms with Crippen molar-refractivity contribution in [2.75, 3.05) is 18.9 Å². The molecule has 0 bridgehead atoms. The third kappa shape index (κ3) is 6.43. The van der Waals surface area contributed by atoms with Gasteiger partial charge >= 0.3 is 13.7 Å². The minimum Gasteiger partial charge on any atom is -0.464 e. The second kappa shape index (κ2) is 13.2. The van der Waals surface area contributed by atoms with Crippen molar-refractivity contribution in [2.45, 2.75) is 64.4 Å². The molecule has 13 nitrogen and oxygen atoms in total. The molecule has 1 aromatic carbocycles. The second-order valence-corrected chi connectivity index (χ2v) is 12.0.